The Bertz CT molecular complexity index is 455. The van der Waals surface area contributed by atoms with E-state index in [1.807, 2.05) is 0 Å². The Kier molecular flexibility index (Phi) is 5.52. The zero-order chi connectivity index (χ0) is 13.5. The van der Waals surface area contributed by atoms with E-state index in [-0.39, 0.29) is 0 Å². The molecule has 0 unspecified atom stereocenters. The molecule has 0 bridgehead atoms. The van der Waals surface area contributed by atoms with Crippen molar-refractivity contribution in [2.45, 2.75) is 6.92 Å². The van der Waals surface area contributed by atoms with Gasteiger partial charge < -0.3 is 14.2 Å². The van der Waals surface area contributed by atoms with Crippen LogP contribution in [0.15, 0.2) is 18.2 Å². The van der Waals surface area contributed by atoms with Gasteiger partial charge in [-0.05, 0) is 30.7 Å². The molecule has 0 N–H and O–H groups in total. The van der Waals surface area contributed by atoms with E-state index < -0.39 is 5.97 Å². The van der Waals surface area contributed by atoms with Gasteiger partial charge in [-0.15, -0.1) is 0 Å². The molecule has 1 aromatic carbocycles. The van der Waals surface area contributed by atoms with Crippen LogP contribution >= 0.6 is 11.6 Å². The van der Waals surface area contributed by atoms with E-state index in [9.17, 15) is 4.79 Å². The van der Waals surface area contributed by atoms with Crippen molar-refractivity contribution in [2.75, 3.05) is 20.8 Å². The number of halogens is 1. The van der Waals surface area contributed by atoms with E-state index >= 15 is 0 Å². The summed E-state index contributed by atoms with van der Waals surface area (Å²) in [5.41, 5.74) is 0.655. The van der Waals surface area contributed by atoms with E-state index in [2.05, 4.69) is 0 Å². The van der Waals surface area contributed by atoms with Crippen molar-refractivity contribution >= 4 is 23.6 Å². The Morgan fingerprint density at radius 2 is 2.06 bits per heavy atom. The molecule has 0 aliphatic rings. The predicted octanol–water partition coefficient (Wildman–Crippen LogP) is 2.93. The van der Waals surface area contributed by atoms with Crippen LogP contribution in [-0.4, -0.2) is 26.8 Å². The maximum atomic E-state index is 11.2. The summed E-state index contributed by atoms with van der Waals surface area (Å²) in [6, 6.07) is 3.45. The van der Waals surface area contributed by atoms with Crippen molar-refractivity contribution in [2.24, 2.45) is 0 Å². The minimum Gasteiger partial charge on any atom is -0.493 e. The second kappa shape index (κ2) is 6.91. The van der Waals surface area contributed by atoms with Gasteiger partial charge in [0, 0.05) is 6.08 Å². The fourth-order valence-electron chi connectivity index (χ4n) is 1.38. The topological polar surface area (TPSA) is 44.8 Å². The fourth-order valence-corrected chi connectivity index (χ4v) is 1.68. The van der Waals surface area contributed by atoms with Crippen LogP contribution in [0.1, 0.15) is 12.5 Å². The van der Waals surface area contributed by atoms with Crippen molar-refractivity contribution in [3.63, 3.8) is 0 Å². The van der Waals surface area contributed by atoms with Gasteiger partial charge in [0.2, 0.25) is 0 Å². The molecule has 0 amide bonds. The lowest BCUT2D eigenvalue weighted by atomic mass is 10.2. The molecule has 0 aromatic heterocycles. The second-order valence-corrected chi connectivity index (χ2v) is 3.67. The first-order valence-electron chi connectivity index (χ1n) is 5.39. The van der Waals surface area contributed by atoms with Crippen LogP contribution in [0.5, 0.6) is 11.5 Å². The SMILES string of the molecule is CCOC(=O)/C=C\c1ccc(OC)c(OC)c1Cl. The molecule has 0 spiro atoms. The van der Waals surface area contributed by atoms with Crippen molar-refractivity contribution in [1.29, 1.82) is 0 Å². The van der Waals surface area contributed by atoms with Crippen LogP contribution in [0.4, 0.5) is 0 Å². The molecule has 98 valence electrons. The van der Waals surface area contributed by atoms with Gasteiger partial charge in [0.25, 0.3) is 0 Å². The lowest BCUT2D eigenvalue weighted by Gasteiger charge is -2.10. The fraction of sp³-hybridized carbons (Fsp3) is 0.308. The Morgan fingerprint density at radius 3 is 2.61 bits per heavy atom. The number of esters is 1. The Morgan fingerprint density at radius 1 is 1.33 bits per heavy atom. The van der Waals surface area contributed by atoms with Crippen LogP contribution in [-0.2, 0) is 9.53 Å². The molecule has 1 aromatic rings. The average Bonchev–Trinajstić information content (AvgIpc) is 2.37. The molecule has 5 heteroatoms. The summed E-state index contributed by atoms with van der Waals surface area (Å²) in [6.45, 7) is 2.08. The Labute approximate surface area is 111 Å². The van der Waals surface area contributed by atoms with Gasteiger partial charge in [-0.1, -0.05) is 11.6 Å². The molecule has 0 aliphatic heterocycles. The van der Waals surface area contributed by atoms with Crippen LogP contribution in [0.25, 0.3) is 6.08 Å². The van der Waals surface area contributed by atoms with Crippen molar-refractivity contribution < 1.29 is 19.0 Å². The molecule has 0 saturated carbocycles. The molecule has 0 radical (unpaired) electrons. The summed E-state index contributed by atoms with van der Waals surface area (Å²) in [6.07, 6.45) is 2.89. The van der Waals surface area contributed by atoms with E-state index in [1.165, 1.54) is 20.3 Å². The highest BCUT2D eigenvalue weighted by molar-refractivity contribution is 6.33. The maximum absolute atomic E-state index is 11.2. The zero-order valence-corrected chi connectivity index (χ0v) is 11.3. The van der Waals surface area contributed by atoms with Crippen LogP contribution in [0, 0.1) is 0 Å². The number of carbonyl (C=O) groups excluding carboxylic acids is 1. The number of carbonyl (C=O) groups is 1. The summed E-state index contributed by atoms with van der Waals surface area (Å²) in [5.74, 6) is 0.560. The molecular formula is C13H15ClO4. The van der Waals surface area contributed by atoms with E-state index in [4.69, 9.17) is 25.8 Å². The van der Waals surface area contributed by atoms with E-state index in [1.54, 1.807) is 25.1 Å². The lowest BCUT2D eigenvalue weighted by Crippen LogP contribution is -1.99. The van der Waals surface area contributed by atoms with E-state index in [0.717, 1.165) is 0 Å². The summed E-state index contributed by atoms with van der Waals surface area (Å²) >= 11 is 6.14. The largest absolute Gasteiger partial charge is 0.493 e. The molecule has 0 aliphatic carbocycles. The first kappa shape index (κ1) is 14.4. The van der Waals surface area contributed by atoms with Crippen molar-refractivity contribution in [3.05, 3.63) is 28.8 Å². The molecule has 0 heterocycles. The standard InChI is InChI=1S/C13H15ClO4/c1-4-18-11(15)8-6-9-5-7-10(16-2)13(17-3)12(9)14/h5-8H,4H2,1-3H3/b8-6-. The number of rotatable bonds is 5. The summed E-state index contributed by atoms with van der Waals surface area (Å²) < 4.78 is 15.0. The van der Waals surface area contributed by atoms with Gasteiger partial charge in [0.1, 0.15) is 0 Å². The highest BCUT2D eigenvalue weighted by Gasteiger charge is 2.11. The predicted molar refractivity (Wildman–Crippen MR) is 70.2 cm³/mol. The van der Waals surface area contributed by atoms with Gasteiger partial charge in [0.15, 0.2) is 11.5 Å². The van der Waals surface area contributed by atoms with Crippen molar-refractivity contribution in [3.8, 4) is 11.5 Å². The van der Waals surface area contributed by atoms with Gasteiger partial charge in [-0.2, -0.15) is 0 Å². The summed E-state index contributed by atoms with van der Waals surface area (Å²) in [4.78, 5) is 11.2. The lowest BCUT2D eigenvalue weighted by molar-refractivity contribution is -0.137. The van der Waals surface area contributed by atoms with Crippen LogP contribution in [0.2, 0.25) is 5.02 Å². The number of hydrogen-bond acceptors (Lipinski definition) is 4. The zero-order valence-electron chi connectivity index (χ0n) is 10.5. The third kappa shape index (κ3) is 3.40. The second-order valence-electron chi connectivity index (χ2n) is 3.29. The minimum absolute atomic E-state index is 0.336. The van der Waals surface area contributed by atoms with Gasteiger partial charge in [-0.3, -0.25) is 0 Å². The van der Waals surface area contributed by atoms with Crippen LogP contribution in [0.3, 0.4) is 0 Å². The molecule has 18 heavy (non-hydrogen) atoms. The third-order valence-corrected chi connectivity index (χ3v) is 2.59. The van der Waals surface area contributed by atoms with Gasteiger partial charge >= 0.3 is 5.97 Å². The molecule has 4 nitrogen and oxygen atoms in total. The Hall–Kier alpha value is -1.68. The van der Waals surface area contributed by atoms with Gasteiger partial charge in [-0.25, -0.2) is 4.79 Å². The monoisotopic (exact) mass is 270 g/mol. The summed E-state index contributed by atoms with van der Waals surface area (Å²) in [7, 11) is 3.03. The first-order chi connectivity index (χ1) is 8.63. The molecule has 0 saturated heterocycles. The smallest absolute Gasteiger partial charge is 0.330 e. The van der Waals surface area contributed by atoms with Crippen molar-refractivity contribution in [1.82, 2.24) is 0 Å². The highest BCUT2D eigenvalue weighted by Crippen LogP contribution is 2.37. The first-order valence-corrected chi connectivity index (χ1v) is 5.77. The summed E-state index contributed by atoms with van der Waals surface area (Å²) in [5, 5.41) is 0.386. The normalized spacial score (nSPS) is 10.4. The molecule has 0 atom stereocenters. The minimum atomic E-state index is -0.414. The third-order valence-electron chi connectivity index (χ3n) is 2.20. The quantitative estimate of drug-likeness (QED) is 0.610. The van der Waals surface area contributed by atoms with Gasteiger partial charge in [0.05, 0.1) is 25.8 Å². The number of hydrogen-bond donors (Lipinski definition) is 0. The number of ether oxygens (including phenoxy) is 3. The molecule has 0 fully saturated rings. The van der Waals surface area contributed by atoms with Crippen LogP contribution < -0.4 is 9.47 Å². The molecular weight excluding hydrogens is 256 g/mol. The average molecular weight is 271 g/mol. The Balaban J connectivity index is 3.01. The maximum Gasteiger partial charge on any atom is 0.330 e. The highest BCUT2D eigenvalue weighted by atomic mass is 35.5. The number of methoxy groups -OCH3 is 2. The van der Waals surface area contributed by atoms with E-state index in [0.29, 0.717) is 28.7 Å². The molecule has 1 rings (SSSR count). The number of benzene rings is 1.